The number of aromatic nitrogens is 7. The van der Waals surface area contributed by atoms with Crippen molar-refractivity contribution in [2.45, 2.75) is 13.0 Å². The monoisotopic (exact) mass is 467 g/mol. The molecule has 0 fully saturated rings. The highest BCUT2D eigenvalue weighted by molar-refractivity contribution is 6.33. The van der Waals surface area contributed by atoms with Crippen molar-refractivity contribution in [1.29, 1.82) is 0 Å². The Balaban J connectivity index is 1.72. The molecule has 11 nitrogen and oxygen atoms in total. The average Bonchev–Trinajstić information content (AvgIpc) is 3.14. The minimum atomic E-state index is -0.705. The number of H-pyrrole nitrogens is 1. The number of fused-ring (bicyclic) bond motifs is 2. The molecule has 0 aliphatic carbocycles. The van der Waals surface area contributed by atoms with Crippen LogP contribution in [0.4, 0.5) is 16.2 Å². The van der Waals surface area contributed by atoms with Crippen LogP contribution in [0.25, 0.3) is 22.2 Å². The Morgan fingerprint density at radius 1 is 1.24 bits per heavy atom. The highest BCUT2D eigenvalue weighted by atomic mass is 35.5. The molecule has 13 heteroatoms. The summed E-state index contributed by atoms with van der Waals surface area (Å²) >= 11 is 6.19. The lowest BCUT2D eigenvalue weighted by molar-refractivity contribution is 0.622. The zero-order chi connectivity index (χ0) is 23.3. The summed E-state index contributed by atoms with van der Waals surface area (Å²) in [6.07, 6.45) is 2.75. The largest absolute Gasteiger partial charge is 0.368 e. The van der Waals surface area contributed by atoms with E-state index in [1.165, 1.54) is 45.9 Å². The van der Waals surface area contributed by atoms with Crippen LogP contribution in [0.1, 0.15) is 18.8 Å². The molecular weight excluding hydrogens is 453 g/mol. The number of nitrogens with one attached hydrogen (secondary N) is 2. The van der Waals surface area contributed by atoms with Gasteiger partial charge < -0.3 is 16.0 Å². The molecule has 1 aromatic carbocycles. The van der Waals surface area contributed by atoms with Gasteiger partial charge in [0.15, 0.2) is 11.5 Å². The van der Waals surface area contributed by atoms with Crippen LogP contribution >= 0.6 is 11.6 Å². The van der Waals surface area contributed by atoms with E-state index in [-0.39, 0.29) is 44.9 Å². The molecule has 0 amide bonds. The molecule has 0 spiro atoms. The van der Waals surface area contributed by atoms with Crippen molar-refractivity contribution < 1.29 is 4.39 Å². The Labute approximate surface area is 188 Å². The van der Waals surface area contributed by atoms with Gasteiger partial charge in [0.05, 0.1) is 23.1 Å². The zero-order valence-electron chi connectivity index (χ0n) is 17.0. The maximum atomic E-state index is 14.0. The molecule has 0 aliphatic rings. The van der Waals surface area contributed by atoms with E-state index in [0.717, 1.165) is 0 Å². The molecule has 4 N–H and O–H groups in total. The van der Waals surface area contributed by atoms with E-state index < -0.39 is 23.0 Å². The molecule has 33 heavy (non-hydrogen) atoms. The van der Waals surface area contributed by atoms with E-state index in [1.807, 2.05) is 0 Å². The average molecular weight is 468 g/mol. The fourth-order valence-electron chi connectivity index (χ4n) is 3.56. The van der Waals surface area contributed by atoms with Crippen LogP contribution in [0.15, 0.2) is 52.4 Å². The van der Waals surface area contributed by atoms with E-state index in [0.29, 0.717) is 0 Å². The number of rotatable bonds is 4. The van der Waals surface area contributed by atoms with Crippen molar-refractivity contribution in [3.05, 3.63) is 80.2 Å². The van der Waals surface area contributed by atoms with Crippen molar-refractivity contribution in [3.8, 4) is 5.69 Å². The van der Waals surface area contributed by atoms with Gasteiger partial charge in [-0.15, -0.1) is 0 Å². The topological polar surface area (TPSA) is 149 Å². The molecule has 5 rings (SSSR count). The van der Waals surface area contributed by atoms with Gasteiger partial charge in [-0.25, -0.2) is 13.9 Å². The van der Waals surface area contributed by atoms with Crippen molar-refractivity contribution in [2.24, 2.45) is 0 Å². The Hall–Kier alpha value is -4.32. The third kappa shape index (κ3) is 3.46. The summed E-state index contributed by atoms with van der Waals surface area (Å²) < 4.78 is 16.6. The number of anilines is 2. The van der Waals surface area contributed by atoms with Crippen molar-refractivity contribution in [1.82, 2.24) is 34.1 Å². The van der Waals surface area contributed by atoms with Gasteiger partial charge in [-0.2, -0.15) is 15.1 Å². The first-order valence-electron chi connectivity index (χ1n) is 9.66. The van der Waals surface area contributed by atoms with E-state index in [1.54, 1.807) is 13.0 Å². The van der Waals surface area contributed by atoms with Crippen LogP contribution < -0.4 is 22.2 Å². The number of nitrogens with zero attached hydrogens (tertiary/aromatic N) is 6. The SMILES string of the molecule is C[C@H](Nc1nc(N)nc2nc[nH]c(=O)c12)c1nn2ccc(Cl)c2c(=O)n1-c1cccc(F)c1. The highest BCUT2D eigenvalue weighted by Gasteiger charge is 2.22. The zero-order valence-corrected chi connectivity index (χ0v) is 17.7. The molecule has 0 saturated heterocycles. The standard InChI is InChI=1S/C20H15ClFN9O2/c1-9(26-16-13-15(27-20(23)28-16)24-8-25-18(13)32)17-29-30-6-5-12(21)14(30)19(33)31(17)11-4-2-3-10(22)7-11/h2-9H,1H3,(H4,23,24,25,26,27,28,32)/t9-/m0/s1. The molecule has 0 saturated carbocycles. The first-order valence-corrected chi connectivity index (χ1v) is 10.0. The Morgan fingerprint density at radius 3 is 2.85 bits per heavy atom. The number of nitrogen functional groups attached to an aromatic ring is 1. The van der Waals surface area contributed by atoms with Gasteiger partial charge in [0.25, 0.3) is 11.1 Å². The lowest BCUT2D eigenvalue weighted by Crippen LogP contribution is -2.29. The van der Waals surface area contributed by atoms with E-state index in [2.05, 4.69) is 30.4 Å². The smallest absolute Gasteiger partial charge is 0.284 e. The summed E-state index contributed by atoms with van der Waals surface area (Å²) in [6.45, 7) is 1.70. The minimum absolute atomic E-state index is 0.0864. The molecule has 0 radical (unpaired) electrons. The van der Waals surface area contributed by atoms with Gasteiger partial charge in [0, 0.05) is 6.20 Å². The van der Waals surface area contributed by atoms with Crippen molar-refractivity contribution in [3.63, 3.8) is 0 Å². The molecule has 4 heterocycles. The predicted octanol–water partition coefficient (Wildman–Crippen LogP) is 2.06. The fraction of sp³-hybridized carbons (Fsp3) is 0.100. The number of halogens is 2. The first-order chi connectivity index (χ1) is 15.8. The van der Waals surface area contributed by atoms with Crippen LogP contribution in [0.5, 0.6) is 0 Å². The molecule has 5 aromatic rings. The van der Waals surface area contributed by atoms with Gasteiger partial charge in [0.1, 0.15) is 22.5 Å². The van der Waals surface area contributed by atoms with Gasteiger partial charge in [-0.1, -0.05) is 17.7 Å². The third-order valence-electron chi connectivity index (χ3n) is 4.99. The summed E-state index contributed by atoms with van der Waals surface area (Å²) in [5, 5.41) is 7.86. The van der Waals surface area contributed by atoms with E-state index in [9.17, 15) is 14.0 Å². The molecule has 166 valence electrons. The quantitative estimate of drug-likeness (QED) is 0.363. The van der Waals surface area contributed by atoms with Crippen LogP contribution in [0.3, 0.4) is 0 Å². The number of benzene rings is 1. The number of hydrogen-bond donors (Lipinski definition) is 3. The summed E-state index contributed by atoms with van der Waals surface area (Å²) in [5.41, 5.74) is 5.30. The highest BCUT2D eigenvalue weighted by Crippen LogP contribution is 2.24. The molecule has 0 aliphatic heterocycles. The Morgan fingerprint density at radius 2 is 2.06 bits per heavy atom. The summed E-state index contributed by atoms with van der Waals surface area (Å²) in [7, 11) is 0. The normalized spacial score (nSPS) is 12.3. The number of nitrogens with two attached hydrogens (primary N) is 1. The fourth-order valence-corrected chi connectivity index (χ4v) is 3.78. The number of aromatic amines is 1. The van der Waals surface area contributed by atoms with Gasteiger partial charge in [-0.05, 0) is 31.2 Å². The van der Waals surface area contributed by atoms with Crippen LogP contribution in [0, 0.1) is 5.82 Å². The molecule has 4 aromatic heterocycles. The second-order valence-corrected chi connectivity index (χ2v) is 7.57. The molecule has 0 bridgehead atoms. The summed E-state index contributed by atoms with van der Waals surface area (Å²) in [4.78, 5) is 40.4. The van der Waals surface area contributed by atoms with E-state index in [4.69, 9.17) is 17.3 Å². The maximum Gasteiger partial charge on any atom is 0.284 e. The Kier molecular flexibility index (Phi) is 4.78. The molecular formula is C20H15ClFN9O2. The van der Waals surface area contributed by atoms with Crippen LogP contribution in [-0.4, -0.2) is 34.1 Å². The van der Waals surface area contributed by atoms with Gasteiger partial charge >= 0.3 is 0 Å². The lowest BCUT2D eigenvalue weighted by atomic mass is 10.2. The summed E-state index contributed by atoms with van der Waals surface area (Å²) in [6, 6.07) is 6.35. The summed E-state index contributed by atoms with van der Waals surface area (Å²) in [5.74, 6) is -0.320. The van der Waals surface area contributed by atoms with Crippen molar-refractivity contribution in [2.75, 3.05) is 11.1 Å². The second-order valence-electron chi connectivity index (χ2n) is 7.16. The third-order valence-corrected chi connectivity index (χ3v) is 5.29. The van der Waals surface area contributed by atoms with Crippen LogP contribution in [0.2, 0.25) is 5.02 Å². The van der Waals surface area contributed by atoms with Gasteiger partial charge in [0.2, 0.25) is 5.95 Å². The van der Waals surface area contributed by atoms with E-state index >= 15 is 0 Å². The number of hydrogen-bond acceptors (Lipinski definition) is 8. The second kappa shape index (κ2) is 7.67. The molecule has 0 unspecified atom stereocenters. The maximum absolute atomic E-state index is 14.0. The van der Waals surface area contributed by atoms with Crippen LogP contribution in [-0.2, 0) is 0 Å². The van der Waals surface area contributed by atoms with Crippen molar-refractivity contribution >= 4 is 39.9 Å². The Bertz CT molecular complexity index is 1660. The lowest BCUT2D eigenvalue weighted by Gasteiger charge is -2.20. The van der Waals surface area contributed by atoms with Gasteiger partial charge in [-0.3, -0.25) is 14.2 Å². The predicted molar refractivity (Wildman–Crippen MR) is 120 cm³/mol. The first kappa shape index (κ1) is 20.6. The molecule has 1 atom stereocenters. The minimum Gasteiger partial charge on any atom is -0.368 e.